The molecule has 0 radical (unpaired) electrons. The number of aliphatic imine (C=N–C) groups is 2. The molecular formula is C26H30FN3O3. The summed E-state index contributed by atoms with van der Waals surface area (Å²) in [6.07, 6.45) is 7.28. The predicted octanol–water partition coefficient (Wildman–Crippen LogP) is 5.87. The van der Waals surface area contributed by atoms with Crippen molar-refractivity contribution in [2.45, 2.75) is 40.0 Å². The van der Waals surface area contributed by atoms with E-state index >= 15 is 0 Å². The van der Waals surface area contributed by atoms with Crippen molar-refractivity contribution >= 4 is 35.2 Å². The van der Waals surface area contributed by atoms with E-state index in [1.807, 2.05) is 26.0 Å². The first-order valence-electron chi connectivity index (χ1n) is 10.9. The van der Waals surface area contributed by atoms with Crippen molar-refractivity contribution in [2.75, 3.05) is 6.54 Å². The van der Waals surface area contributed by atoms with Gasteiger partial charge < -0.3 is 10.4 Å². The Balaban J connectivity index is 2.26. The minimum absolute atomic E-state index is 0.217. The van der Waals surface area contributed by atoms with E-state index in [1.165, 1.54) is 12.1 Å². The molecule has 1 unspecified atom stereocenters. The molecule has 0 heterocycles. The number of carboxylic acids is 1. The molecule has 0 saturated heterocycles. The van der Waals surface area contributed by atoms with Crippen molar-refractivity contribution in [3.05, 3.63) is 71.6 Å². The van der Waals surface area contributed by atoms with Crippen molar-refractivity contribution in [1.29, 1.82) is 0 Å². The van der Waals surface area contributed by atoms with E-state index in [-0.39, 0.29) is 11.7 Å². The number of carbonyl (C=O) groups is 2. The third-order valence-electron chi connectivity index (χ3n) is 5.03. The van der Waals surface area contributed by atoms with Gasteiger partial charge in [-0.1, -0.05) is 31.2 Å². The van der Waals surface area contributed by atoms with E-state index in [1.54, 1.807) is 43.5 Å². The minimum atomic E-state index is -0.809. The van der Waals surface area contributed by atoms with Gasteiger partial charge >= 0.3 is 5.97 Å². The van der Waals surface area contributed by atoms with Gasteiger partial charge in [0.15, 0.2) is 0 Å². The van der Waals surface area contributed by atoms with E-state index < -0.39 is 11.9 Å². The largest absolute Gasteiger partial charge is 0.481 e. The monoisotopic (exact) mass is 451 g/mol. The number of nitrogens with one attached hydrogen (secondary N) is 1. The lowest BCUT2D eigenvalue weighted by Crippen LogP contribution is -2.23. The van der Waals surface area contributed by atoms with Gasteiger partial charge in [0.2, 0.25) is 0 Å². The van der Waals surface area contributed by atoms with Crippen LogP contribution in [0.3, 0.4) is 0 Å². The van der Waals surface area contributed by atoms with Crippen molar-refractivity contribution in [2.24, 2.45) is 15.9 Å². The zero-order chi connectivity index (χ0) is 24.2. The summed E-state index contributed by atoms with van der Waals surface area (Å²) in [4.78, 5) is 32.6. The van der Waals surface area contributed by atoms with Crippen LogP contribution in [-0.2, 0) is 4.79 Å². The summed E-state index contributed by atoms with van der Waals surface area (Å²) in [7, 11) is 0. The lowest BCUT2D eigenvalue weighted by molar-refractivity contribution is -0.141. The third-order valence-corrected chi connectivity index (χ3v) is 5.03. The molecule has 2 N–H and O–H groups in total. The van der Waals surface area contributed by atoms with Crippen molar-refractivity contribution in [3.8, 4) is 0 Å². The van der Waals surface area contributed by atoms with Gasteiger partial charge in [0.1, 0.15) is 5.82 Å². The van der Waals surface area contributed by atoms with Crippen LogP contribution in [0.1, 0.15) is 56.0 Å². The molecule has 0 fully saturated rings. The number of unbranched alkanes of at least 4 members (excludes halogenated alkanes) is 1. The van der Waals surface area contributed by atoms with Crippen LogP contribution >= 0.6 is 0 Å². The van der Waals surface area contributed by atoms with Gasteiger partial charge in [-0.2, -0.15) is 0 Å². The smallest absolute Gasteiger partial charge is 0.306 e. The molecule has 1 amide bonds. The van der Waals surface area contributed by atoms with Gasteiger partial charge in [-0.25, -0.2) is 4.39 Å². The quantitative estimate of drug-likeness (QED) is 0.254. The van der Waals surface area contributed by atoms with Crippen LogP contribution in [-0.4, -0.2) is 35.5 Å². The molecule has 33 heavy (non-hydrogen) atoms. The van der Waals surface area contributed by atoms with E-state index in [4.69, 9.17) is 5.11 Å². The molecule has 2 aromatic rings. The lowest BCUT2D eigenvalue weighted by Gasteiger charge is -2.08. The molecule has 1 atom stereocenters. The number of halogens is 1. The summed E-state index contributed by atoms with van der Waals surface area (Å²) < 4.78 is 13.2. The van der Waals surface area contributed by atoms with Gasteiger partial charge in [0, 0.05) is 24.0 Å². The summed E-state index contributed by atoms with van der Waals surface area (Å²) in [6, 6.07) is 11.2. The Morgan fingerprint density at radius 3 is 2.48 bits per heavy atom. The summed E-state index contributed by atoms with van der Waals surface area (Å²) in [6.45, 7) is 5.82. The molecule has 7 heteroatoms. The van der Waals surface area contributed by atoms with Crippen LogP contribution in [0.2, 0.25) is 0 Å². The fourth-order valence-corrected chi connectivity index (χ4v) is 2.97. The number of benzene rings is 2. The minimum Gasteiger partial charge on any atom is -0.481 e. The van der Waals surface area contributed by atoms with E-state index in [0.717, 1.165) is 5.56 Å². The zero-order valence-electron chi connectivity index (χ0n) is 19.2. The SMILES string of the molecule is C/C=C/CNC(=O)c1ccc(N=C(C)c2ccc(F)cc2)c(N=CCCCC(C)C(=O)O)c1. The Morgan fingerprint density at radius 2 is 1.82 bits per heavy atom. The number of nitrogens with zero attached hydrogens (tertiary/aromatic N) is 2. The molecule has 0 aromatic heterocycles. The summed E-state index contributed by atoms with van der Waals surface area (Å²) >= 11 is 0. The second-order valence-corrected chi connectivity index (χ2v) is 7.67. The van der Waals surface area contributed by atoms with Crippen LogP contribution in [0.4, 0.5) is 15.8 Å². The Morgan fingerprint density at radius 1 is 1.12 bits per heavy atom. The highest BCUT2D eigenvalue weighted by Gasteiger charge is 2.11. The second kappa shape index (κ2) is 13.1. The van der Waals surface area contributed by atoms with Crippen molar-refractivity contribution in [1.82, 2.24) is 5.32 Å². The first-order chi connectivity index (χ1) is 15.8. The van der Waals surface area contributed by atoms with Crippen LogP contribution < -0.4 is 5.32 Å². The normalized spacial score (nSPS) is 12.9. The van der Waals surface area contributed by atoms with Gasteiger partial charge in [-0.3, -0.25) is 19.6 Å². The molecule has 0 bridgehead atoms. The molecule has 0 aliphatic heterocycles. The Labute approximate surface area is 194 Å². The van der Waals surface area contributed by atoms with Crippen LogP contribution in [0.15, 0.2) is 64.6 Å². The van der Waals surface area contributed by atoms with Crippen molar-refractivity contribution in [3.63, 3.8) is 0 Å². The van der Waals surface area contributed by atoms with Gasteiger partial charge in [0.25, 0.3) is 5.91 Å². The molecule has 174 valence electrons. The fourth-order valence-electron chi connectivity index (χ4n) is 2.97. The van der Waals surface area contributed by atoms with E-state index in [2.05, 4.69) is 15.3 Å². The van der Waals surface area contributed by atoms with Gasteiger partial charge in [-0.05, 0) is 69.0 Å². The highest BCUT2D eigenvalue weighted by molar-refractivity contribution is 6.01. The molecule has 6 nitrogen and oxygen atoms in total. The zero-order valence-corrected chi connectivity index (χ0v) is 19.2. The number of rotatable bonds is 11. The summed E-state index contributed by atoms with van der Waals surface area (Å²) in [5.41, 5.74) is 3.04. The number of amides is 1. The Kier molecular flexibility index (Phi) is 10.1. The number of aliphatic carboxylic acids is 1. The first-order valence-corrected chi connectivity index (χ1v) is 10.9. The van der Waals surface area contributed by atoms with E-state index in [0.29, 0.717) is 48.5 Å². The molecule has 2 rings (SSSR count). The second-order valence-electron chi connectivity index (χ2n) is 7.67. The van der Waals surface area contributed by atoms with Crippen LogP contribution in [0, 0.1) is 11.7 Å². The van der Waals surface area contributed by atoms with E-state index in [9.17, 15) is 14.0 Å². The maximum Gasteiger partial charge on any atom is 0.306 e. The topological polar surface area (TPSA) is 91.1 Å². The number of hydrogen-bond acceptors (Lipinski definition) is 4. The highest BCUT2D eigenvalue weighted by Crippen LogP contribution is 2.30. The standard InChI is InChI=1S/C26H30FN3O3/c1-4-5-15-29-25(31)21-11-14-23(30-19(3)20-9-12-22(27)13-10-20)24(17-21)28-16-7-6-8-18(2)26(32)33/h4-5,9-14,16-18H,6-8,15H2,1-3H3,(H,29,31)(H,32,33)/b5-4+,28-16?,30-19?. The van der Waals surface area contributed by atoms with Crippen LogP contribution in [0.5, 0.6) is 0 Å². The average molecular weight is 452 g/mol. The maximum absolute atomic E-state index is 13.2. The Hall–Kier alpha value is -3.61. The molecule has 0 aliphatic rings. The fraction of sp³-hybridized carbons (Fsp3) is 0.308. The summed E-state index contributed by atoms with van der Waals surface area (Å²) in [5, 5.41) is 11.8. The molecular weight excluding hydrogens is 421 g/mol. The highest BCUT2D eigenvalue weighted by atomic mass is 19.1. The molecule has 0 aliphatic carbocycles. The predicted molar refractivity (Wildman–Crippen MR) is 131 cm³/mol. The van der Waals surface area contributed by atoms with Crippen molar-refractivity contribution < 1.29 is 19.1 Å². The average Bonchev–Trinajstić information content (AvgIpc) is 2.79. The van der Waals surface area contributed by atoms with Gasteiger partial charge in [0.05, 0.1) is 17.3 Å². The van der Waals surface area contributed by atoms with Gasteiger partial charge in [-0.15, -0.1) is 0 Å². The maximum atomic E-state index is 13.2. The molecule has 2 aromatic carbocycles. The van der Waals surface area contributed by atoms with Crippen LogP contribution in [0.25, 0.3) is 0 Å². The number of carbonyl (C=O) groups excluding carboxylic acids is 1. The first kappa shape index (κ1) is 25.6. The number of carboxylic acid groups (broad SMARTS) is 1. The lowest BCUT2D eigenvalue weighted by atomic mass is 10.1. The number of hydrogen-bond donors (Lipinski definition) is 2. The molecule has 0 spiro atoms. The number of allylic oxidation sites excluding steroid dienone is 1. The third kappa shape index (κ3) is 8.44. The molecule has 0 saturated carbocycles. The Bertz CT molecular complexity index is 1040. The summed E-state index contributed by atoms with van der Waals surface area (Å²) in [5.74, 6) is -1.74.